The number of halogens is 1. The summed E-state index contributed by atoms with van der Waals surface area (Å²) in [6.45, 7) is 7.41. The lowest BCUT2D eigenvalue weighted by atomic mass is 10.2. The van der Waals surface area contributed by atoms with E-state index in [-0.39, 0.29) is 11.8 Å². The van der Waals surface area contributed by atoms with Crippen molar-refractivity contribution in [2.75, 3.05) is 40.9 Å². The van der Waals surface area contributed by atoms with Gasteiger partial charge in [0.25, 0.3) is 0 Å². The molecule has 0 saturated carbocycles. The quantitative estimate of drug-likeness (QED) is 0.449. The number of nitrogens with zero attached hydrogens (tertiary/aromatic N) is 1. The van der Waals surface area contributed by atoms with Crippen LogP contribution in [0.5, 0.6) is 0 Å². The number of nitrogens with one attached hydrogen (secondary N) is 4. The molecule has 0 radical (unpaired) electrons. The first-order chi connectivity index (χ1) is 14.3. The van der Waals surface area contributed by atoms with Crippen LogP contribution in [0.2, 0.25) is 5.02 Å². The average molecular weight is 448 g/mol. The van der Waals surface area contributed by atoms with Crippen molar-refractivity contribution < 1.29 is 9.59 Å². The summed E-state index contributed by atoms with van der Waals surface area (Å²) in [4.78, 5) is 25.3. The van der Waals surface area contributed by atoms with Crippen molar-refractivity contribution >= 4 is 63.5 Å². The Bertz CT molecular complexity index is 901. The average Bonchev–Trinajstić information content (AvgIpc) is 2.69. The van der Waals surface area contributed by atoms with Crippen LogP contribution in [-0.4, -0.2) is 41.5 Å². The van der Waals surface area contributed by atoms with Gasteiger partial charge in [0.05, 0.1) is 17.3 Å². The van der Waals surface area contributed by atoms with E-state index in [0.29, 0.717) is 33.7 Å². The van der Waals surface area contributed by atoms with Crippen LogP contribution in [0.1, 0.15) is 20.8 Å². The fourth-order valence-electron chi connectivity index (χ4n) is 2.67. The first-order valence-corrected chi connectivity index (χ1v) is 10.4. The molecule has 0 bridgehead atoms. The zero-order chi connectivity index (χ0) is 22.1. The van der Waals surface area contributed by atoms with Crippen molar-refractivity contribution in [3.8, 4) is 0 Å². The molecule has 0 fully saturated rings. The van der Waals surface area contributed by atoms with E-state index in [4.69, 9.17) is 23.8 Å². The predicted octanol–water partition coefficient (Wildman–Crippen LogP) is 4.39. The number of rotatable bonds is 8. The van der Waals surface area contributed by atoms with Crippen molar-refractivity contribution in [1.82, 2.24) is 4.90 Å². The molecule has 2 aromatic rings. The molecular formula is C21H26ClN5O2S. The second-order valence-corrected chi connectivity index (χ2v) is 7.36. The normalized spacial score (nSPS) is 10.4. The molecule has 30 heavy (non-hydrogen) atoms. The van der Waals surface area contributed by atoms with E-state index in [1.165, 1.54) is 6.92 Å². The van der Waals surface area contributed by atoms with Gasteiger partial charge in [-0.3, -0.25) is 14.5 Å². The highest BCUT2D eigenvalue weighted by atomic mass is 35.5. The first-order valence-electron chi connectivity index (χ1n) is 9.58. The zero-order valence-corrected chi connectivity index (χ0v) is 18.8. The summed E-state index contributed by atoms with van der Waals surface area (Å²) in [6, 6.07) is 12.4. The van der Waals surface area contributed by atoms with Crippen LogP contribution < -0.4 is 21.3 Å². The molecule has 0 aliphatic carbocycles. The number of anilines is 4. The fraction of sp³-hybridized carbons (Fsp3) is 0.286. The minimum Gasteiger partial charge on any atom is -0.332 e. The van der Waals surface area contributed by atoms with Crippen LogP contribution in [0.4, 0.5) is 22.7 Å². The molecule has 7 nitrogen and oxygen atoms in total. The third-order valence-corrected chi connectivity index (χ3v) is 4.74. The lowest BCUT2D eigenvalue weighted by Gasteiger charge is -2.18. The first kappa shape index (κ1) is 23.6. The van der Waals surface area contributed by atoms with Crippen LogP contribution in [-0.2, 0) is 9.59 Å². The molecule has 0 aliphatic heterocycles. The van der Waals surface area contributed by atoms with Gasteiger partial charge in [-0.15, -0.1) is 0 Å². The Labute approximate surface area is 187 Å². The Morgan fingerprint density at radius 2 is 1.43 bits per heavy atom. The predicted molar refractivity (Wildman–Crippen MR) is 128 cm³/mol. The number of hydrogen-bond acceptors (Lipinski definition) is 4. The number of amides is 2. The summed E-state index contributed by atoms with van der Waals surface area (Å²) in [6.07, 6.45) is 0. The third kappa shape index (κ3) is 7.62. The van der Waals surface area contributed by atoms with Crippen molar-refractivity contribution in [2.24, 2.45) is 0 Å². The van der Waals surface area contributed by atoms with Gasteiger partial charge in [-0.05, 0) is 67.8 Å². The van der Waals surface area contributed by atoms with E-state index in [2.05, 4.69) is 21.3 Å². The van der Waals surface area contributed by atoms with Gasteiger partial charge >= 0.3 is 0 Å². The molecule has 2 aromatic carbocycles. The molecule has 160 valence electrons. The minimum atomic E-state index is -0.127. The second kappa shape index (κ2) is 11.5. The Morgan fingerprint density at radius 3 is 1.97 bits per heavy atom. The molecule has 0 aromatic heterocycles. The van der Waals surface area contributed by atoms with Gasteiger partial charge in [-0.2, -0.15) is 0 Å². The van der Waals surface area contributed by atoms with Crippen molar-refractivity contribution in [1.29, 1.82) is 0 Å². The molecular weight excluding hydrogens is 422 g/mol. The van der Waals surface area contributed by atoms with E-state index in [9.17, 15) is 9.59 Å². The van der Waals surface area contributed by atoms with Gasteiger partial charge in [-0.25, -0.2) is 0 Å². The van der Waals surface area contributed by atoms with Gasteiger partial charge in [0.2, 0.25) is 11.8 Å². The Hall–Kier alpha value is -2.68. The number of benzene rings is 2. The lowest BCUT2D eigenvalue weighted by Crippen LogP contribution is -2.32. The monoisotopic (exact) mass is 447 g/mol. The highest BCUT2D eigenvalue weighted by molar-refractivity contribution is 7.80. The van der Waals surface area contributed by atoms with Crippen molar-refractivity contribution in [3.63, 3.8) is 0 Å². The maximum atomic E-state index is 12.2. The minimum absolute atomic E-state index is 0.110. The molecule has 0 aliphatic rings. The van der Waals surface area contributed by atoms with Crippen molar-refractivity contribution in [2.45, 2.75) is 20.8 Å². The van der Waals surface area contributed by atoms with Gasteiger partial charge in [0.1, 0.15) is 0 Å². The highest BCUT2D eigenvalue weighted by Crippen LogP contribution is 2.26. The molecule has 4 N–H and O–H groups in total. The number of thiocarbonyl (C=S) groups is 1. The van der Waals surface area contributed by atoms with Crippen LogP contribution >= 0.6 is 23.8 Å². The molecule has 9 heteroatoms. The topological polar surface area (TPSA) is 85.5 Å². The maximum absolute atomic E-state index is 12.2. The number of carbonyl (C=O) groups excluding carboxylic acids is 2. The second-order valence-electron chi connectivity index (χ2n) is 6.54. The summed E-state index contributed by atoms with van der Waals surface area (Å²) >= 11 is 11.6. The largest absolute Gasteiger partial charge is 0.332 e. The number of likely N-dealkylation sites (N-methyl/N-ethyl adjacent to an activating group) is 1. The smallest absolute Gasteiger partial charge is 0.238 e. The third-order valence-electron chi connectivity index (χ3n) is 4.23. The number of carbonyl (C=O) groups is 2. The van der Waals surface area contributed by atoms with Gasteiger partial charge in [-0.1, -0.05) is 25.4 Å². The van der Waals surface area contributed by atoms with Gasteiger partial charge in [0, 0.05) is 24.0 Å². The van der Waals surface area contributed by atoms with Gasteiger partial charge in [0.15, 0.2) is 5.11 Å². The van der Waals surface area contributed by atoms with Gasteiger partial charge < -0.3 is 21.3 Å². The summed E-state index contributed by atoms with van der Waals surface area (Å²) in [7, 11) is 0. The standard InChI is InChI=1S/C21H26ClN5O2S/c1-4-27(5-2)13-20(29)26-19-11-10-17(12-18(19)22)25-21(30)24-16-8-6-15(7-9-16)23-14(3)28/h6-12H,4-5,13H2,1-3H3,(H,23,28)(H,26,29)(H2,24,25,30). The van der Waals surface area contributed by atoms with Crippen LogP contribution in [0, 0.1) is 0 Å². The van der Waals surface area contributed by atoms with E-state index in [0.717, 1.165) is 18.8 Å². The molecule has 2 amide bonds. The lowest BCUT2D eigenvalue weighted by molar-refractivity contribution is -0.117. The maximum Gasteiger partial charge on any atom is 0.238 e. The Balaban J connectivity index is 1.92. The van der Waals surface area contributed by atoms with Crippen LogP contribution in [0.25, 0.3) is 0 Å². The molecule has 2 rings (SSSR count). The molecule has 0 unspecified atom stereocenters. The molecule has 0 atom stereocenters. The summed E-state index contributed by atoms with van der Waals surface area (Å²) < 4.78 is 0. The SMILES string of the molecule is CCN(CC)CC(=O)Nc1ccc(NC(=S)Nc2ccc(NC(C)=O)cc2)cc1Cl. The molecule has 0 saturated heterocycles. The Kier molecular flexibility index (Phi) is 9.04. The highest BCUT2D eigenvalue weighted by Gasteiger charge is 2.10. The van der Waals surface area contributed by atoms with Crippen LogP contribution in [0.15, 0.2) is 42.5 Å². The molecule has 0 spiro atoms. The van der Waals surface area contributed by atoms with Crippen molar-refractivity contribution in [3.05, 3.63) is 47.5 Å². The van der Waals surface area contributed by atoms with E-state index >= 15 is 0 Å². The van der Waals surface area contributed by atoms with Crippen LogP contribution in [0.3, 0.4) is 0 Å². The summed E-state index contributed by atoms with van der Waals surface area (Å²) in [5, 5.41) is 12.4. The van der Waals surface area contributed by atoms with E-state index < -0.39 is 0 Å². The fourth-order valence-corrected chi connectivity index (χ4v) is 3.13. The zero-order valence-electron chi connectivity index (χ0n) is 17.2. The molecule has 0 heterocycles. The van der Waals surface area contributed by atoms with E-state index in [1.54, 1.807) is 42.5 Å². The summed E-state index contributed by atoms with van der Waals surface area (Å²) in [5.41, 5.74) is 2.71. The summed E-state index contributed by atoms with van der Waals surface area (Å²) in [5.74, 6) is -0.237. The Morgan fingerprint density at radius 1 is 0.900 bits per heavy atom. The number of hydrogen-bond donors (Lipinski definition) is 4. The van der Waals surface area contributed by atoms with E-state index in [1.807, 2.05) is 18.7 Å².